The summed E-state index contributed by atoms with van der Waals surface area (Å²) in [4.78, 5) is 0. The van der Waals surface area contributed by atoms with Gasteiger partial charge in [0.1, 0.15) is 12.4 Å². The lowest BCUT2D eigenvalue weighted by Crippen LogP contribution is -2.13. The van der Waals surface area contributed by atoms with Crippen molar-refractivity contribution in [1.82, 2.24) is 0 Å². The van der Waals surface area contributed by atoms with Crippen molar-refractivity contribution in [2.45, 2.75) is 0 Å². The molecule has 0 heterocycles. The third kappa shape index (κ3) is 4.82. The molecule has 4 N–H and O–H groups in total. The first kappa shape index (κ1) is 15.4. The molecule has 6 heteroatoms. The van der Waals surface area contributed by atoms with Gasteiger partial charge in [-0.15, -0.1) is 0 Å². The Hall–Kier alpha value is -1.96. The minimum absolute atomic E-state index is 0.0851. The van der Waals surface area contributed by atoms with Gasteiger partial charge < -0.3 is 21.0 Å². The first-order valence-electron chi connectivity index (χ1n) is 6.39. The molecular formula is C15H16IN3O2. The molecule has 0 saturated heterocycles. The minimum atomic E-state index is 0.0851. The summed E-state index contributed by atoms with van der Waals surface area (Å²) in [5, 5.41) is 14.8. The van der Waals surface area contributed by atoms with Crippen LogP contribution in [0.4, 0.5) is 5.69 Å². The van der Waals surface area contributed by atoms with Crippen LogP contribution in [0.3, 0.4) is 0 Å². The van der Waals surface area contributed by atoms with Gasteiger partial charge >= 0.3 is 0 Å². The fourth-order valence-corrected chi connectivity index (χ4v) is 2.07. The molecule has 5 nitrogen and oxygen atoms in total. The number of hydrogen-bond acceptors (Lipinski definition) is 4. The molecule has 0 saturated carbocycles. The molecule has 0 spiro atoms. The summed E-state index contributed by atoms with van der Waals surface area (Å²) in [5.41, 5.74) is 7.21. The maximum Gasteiger partial charge on any atom is 0.170 e. The lowest BCUT2D eigenvalue weighted by molar-refractivity contribution is 0.318. The zero-order chi connectivity index (χ0) is 15.1. The van der Waals surface area contributed by atoms with Gasteiger partial charge in [0, 0.05) is 21.4 Å². The number of halogens is 1. The quantitative estimate of drug-likeness (QED) is 0.175. The van der Waals surface area contributed by atoms with Crippen molar-refractivity contribution in [3.05, 3.63) is 57.7 Å². The highest BCUT2D eigenvalue weighted by atomic mass is 127. The molecule has 2 aromatic rings. The molecule has 0 amide bonds. The smallest absolute Gasteiger partial charge is 0.170 e. The summed E-state index contributed by atoms with van der Waals surface area (Å²) >= 11 is 2.27. The molecule has 2 aromatic carbocycles. The Labute approximate surface area is 136 Å². The summed E-state index contributed by atoms with van der Waals surface area (Å²) in [6.07, 6.45) is 0. The number of oxime groups is 1. The monoisotopic (exact) mass is 397 g/mol. The highest BCUT2D eigenvalue weighted by Crippen LogP contribution is 2.13. The lowest BCUT2D eigenvalue weighted by Gasteiger charge is -2.09. The zero-order valence-corrected chi connectivity index (χ0v) is 13.4. The van der Waals surface area contributed by atoms with Crippen LogP contribution >= 0.6 is 22.6 Å². The number of nitrogens with two attached hydrogens (primary N) is 1. The van der Waals surface area contributed by atoms with E-state index in [1.807, 2.05) is 12.1 Å². The Balaban J connectivity index is 1.77. The van der Waals surface area contributed by atoms with Crippen LogP contribution in [0.1, 0.15) is 5.56 Å². The van der Waals surface area contributed by atoms with Crippen LogP contribution in [0.5, 0.6) is 5.75 Å². The summed E-state index contributed by atoms with van der Waals surface area (Å²) in [6.45, 7) is 1.26. The lowest BCUT2D eigenvalue weighted by atomic mass is 10.2. The van der Waals surface area contributed by atoms with Gasteiger partial charge in [-0.2, -0.15) is 0 Å². The third-order valence-electron chi connectivity index (χ3n) is 2.80. The number of amidine groups is 1. The van der Waals surface area contributed by atoms with E-state index in [1.165, 1.54) is 3.57 Å². The molecule has 0 aromatic heterocycles. The van der Waals surface area contributed by atoms with Crippen LogP contribution in [-0.2, 0) is 0 Å². The van der Waals surface area contributed by atoms with Crippen LogP contribution in [0, 0.1) is 3.57 Å². The minimum Gasteiger partial charge on any atom is -0.492 e. The van der Waals surface area contributed by atoms with Crippen molar-refractivity contribution in [2.75, 3.05) is 18.5 Å². The Morgan fingerprint density at radius 2 is 1.81 bits per heavy atom. The Morgan fingerprint density at radius 1 is 1.14 bits per heavy atom. The van der Waals surface area contributed by atoms with Gasteiger partial charge in [0.25, 0.3) is 0 Å². The van der Waals surface area contributed by atoms with Gasteiger partial charge in [-0.1, -0.05) is 5.16 Å². The average molecular weight is 397 g/mol. The zero-order valence-electron chi connectivity index (χ0n) is 11.3. The molecule has 21 heavy (non-hydrogen) atoms. The molecule has 0 atom stereocenters. The SMILES string of the molecule is NC(=NO)c1ccc(OCCNc2ccc(I)cc2)cc1. The van der Waals surface area contributed by atoms with Crippen molar-refractivity contribution in [3.63, 3.8) is 0 Å². The van der Waals surface area contributed by atoms with E-state index in [1.54, 1.807) is 24.3 Å². The van der Waals surface area contributed by atoms with Gasteiger partial charge in [0.15, 0.2) is 5.84 Å². The van der Waals surface area contributed by atoms with E-state index in [2.05, 4.69) is 45.2 Å². The number of anilines is 1. The molecule has 0 aliphatic rings. The number of rotatable bonds is 6. The first-order chi connectivity index (χ1) is 10.2. The predicted molar refractivity (Wildman–Crippen MR) is 92.1 cm³/mol. The second-order valence-corrected chi connectivity index (χ2v) is 5.54. The Kier molecular flexibility index (Phi) is 5.68. The molecule has 0 bridgehead atoms. The molecule has 0 radical (unpaired) electrons. The summed E-state index contributed by atoms with van der Waals surface area (Å²) in [7, 11) is 0. The largest absolute Gasteiger partial charge is 0.492 e. The number of nitrogens with one attached hydrogen (secondary N) is 1. The fourth-order valence-electron chi connectivity index (χ4n) is 1.71. The molecule has 2 rings (SSSR count). The van der Waals surface area contributed by atoms with Crippen molar-refractivity contribution >= 4 is 34.1 Å². The van der Waals surface area contributed by atoms with E-state index in [4.69, 9.17) is 15.7 Å². The molecule has 0 fully saturated rings. The van der Waals surface area contributed by atoms with Gasteiger partial charge in [-0.05, 0) is 71.1 Å². The summed E-state index contributed by atoms with van der Waals surface area (Å²) < 4.78 is 6.82. The highest BCUT2D eigenvalue weighted by molar-refractivity contribution is 14.1. The van der Waals surface area contributed by atoms with Crippen LogP contribution in [0.2, 0.25) is 0 Å². The Bertz CT molecular complexity index is 597. The standard InChI is InChI=1S/C15H16IN3O2/c16-12-3-5-13(6-4-12)18-9-10-21-14-7-1-11(2-8-14)15(17)19-20/h1-8,18,20H,9-10H2,(H2,17,19). The molecule has 0 unspecified atom stereocenters. The van der Waals surface area contributed by atoms with Crippen molar-refractivity contribution in [2.24, 2.45) is 10.9 Å². The maximum atomic E-state index is 8.58. The van der Waals surface area contributed by atoms with Crippen LogP contribution in [-0.4, -0.2) is 24.2 Å². The van der Waals surface area contributed by atoms with Crippen molar-refractivity contribution in [3.8, 4) is 5.75 Å². The van der Waals surface area contributed by atoms with E-state index in [-0.39, 0.29) is 5.84 Å². The number of benzene rings is 2. The van der Waals surface area contributed by atoms with E-state index in [0.717, 1.165) is 11.4 Å². The van der Waals surface area contributed by atoms with Gasteiger partial charge in [-0.25, -0.2) is 0 Å². The van der Waals surface area contributed by atoms with Crippen LogP contribution < -0.4 is 15.8 Å². The van der Waals surface area contributed by atoms with Crippen molar-refractivity contribution in [1.29, 1.82) is 0 Å². The normalized spacial score (nSPS) is 11.2. The van der Waals surface area contributed by atoms with E-state index < -0.39 is 0 Å². The van der Waals surface area contributed by atoms with Gasteiger partial charge in [0.05, 0.1) is 0 Å². The maximum absolute atomic E-state index is 8.58. The number of ether oxygens (including phenoxy) is 1. The molecule has 110 valence electrons. The highest BCUT2D eigenvalue weighted by Gasteiger charge is 1.99. The van der Waals surface area contributed by atoms with Gasteiger partial charge in [0.2, 0.25) is 0 Å². The van der Waals surface area contributed by atoms with Crippen LogP contribution in [0.25, 0.3) is 0 Å². The molecular weight excluding hydrogens is 381 g/mol. The van der Waals surface area contributed by atoms with E-state index >= 15 is 0 Å². The molecule has 0 aliphatic heterocycles. The molecule has 0 aliphatic carbocycles. The number of hydrogen-bond donors (Lipinski definition) is 3. The summed E-state index contributed by atoms with van der Waals surface area (Å²) in [5.74, 6) is 0.829. The second kappa shape index (κ2) is 7.72. The third-order valence-corrected chi connectivity index (χ3v) is 3.52. The second-order valence-electron chi connectivity index (χ2n) is 4.29. The van der Waals surface area contributed by atoms with E-state index in [9.17, 15) is 0 Å². The predicted octanol–water partition coefficient (Wildman–Crippen LogP) is 2.88. The van der Waals surface area contributed by atoms with Crippen molar-refractivity contribution < 1.29 is 9.94 Å². The summed E-state index contributed by atoms with van der Waals surface area (Å²) in [6, 6.07) is 15.2. The first-order valence-corrected chi connectivity index (χ1v) is 7.47. The fraction of sp³-hybridized carbons (Fsp3) is 0.133. The number of nitrogens with zero attached hydrogens (tertiary/aromatic N) is 1. The van der Waals surface area contributed by atoms with Crippen LogP contribution in [0.15, 0.2) is 53.7 Å². The van der Waals surface area contributed by atoms with Gasteiger partial charge in [-0.3, -0.25) is 0 Å². The van der Waals surface area contributed by atoms with E-state index in [0.29, 0.717) is 18.7 Å². The average Bonchev–Trinajstić information content (AvgIpc) is 2.53. The Morgan fingerprint density at radius 3 is 2.43 bits per heavy atom. The topological polar surface area (TPSA) is 79.9 Å².